The molecule has 3 rings (SSSR count). The maximum Gasteiger partial charge on any atom is 0.227 e. The topological polar surface area (TPSA) is 35.6 Å². The van der Waals surface area contributed by atoms with Crippen molar-refractivity contribution < 1.29 is 4.79 Å². The van der Waals surface area contributed by atoms with Crippen LogP contribution in [0.25, 0.3) is 0 Å². The zero-order chi connectivity index (χ0) is 16.1. The van der Waals surface area contributed by atoms with Gasteiger partial charge in [-0.25, -0.2) is 0 Å². The number of nitrogens with zero attached hydrogens (tertiary/aromatic N) is 2. The highest BCUT2D eigenvalue weighted by Crippen LogP contribution is 2.25. The number of amides is 1. The number of anilines is 1. The minimum atomic E-state index is 0.205. The monoisotopic (exact) mass is 315 g/mol. The van der Waals surface area contributed by atoms with Gasteiger partial charge in [0.05, 0.1) is 0 Å². The second-order valence-electron chi connectivity index (χ2n) is 7.10. The first-order valence-corrected chi connectivity index (χ1v) is 9.01. The van der Waals surface area contributed by atoms with Crippen molar-refractivity contribution in [1.29, 1.82) is 0 Å². The van der Waals surface area contributed by atoms with Gasteiger partial charge in [-0.05, 0) is 37.6 Å². The fourth-order valence-electron chi connectivity index (χ4n) is 3.57. The molecule has 0 aromatic heterocycles. The summed E-state index contributed by atoms with van der Waals surface area (Å²) in [6, 6.07) is 8.39. The van der Waals surface area contributed by atoms with Crippen LogP contribution in [0.2, 0.25) is 0 Å². The van der Waals surface area contributed by atoms with Crippen LogP contribution in [0.3, 0.4) is 0 Å². The molecule has 23 heavy (non-hydrogen) atoms. The summed E-state index contributed by atoms with van der Waals surface area (Å²) in [7, 11) is 2.18. The Hall–Kier alpha value is -1.39. The summed E-state index contributed by atoms with van der Waals surface area (Å²) in [5, 5.41) is 3.09. The van der Waals surface area contributed by atoms with Crippen molar-refractivity contribution in [3.05, 3.63) is 29.8 Å². The molecule has 1 aromatic rings. The first-order chi connectivity index (χ1) is 11.2. The zero-order valence-electron chi connectivity index (χ0n) is 14.3. The fourth-order valence-corrected chi connectivity index (χ4v) is 3.57. The molecule has 1 saturated carbocycles. The van der Waals surface area contributed by atoms with Crippen molar-refractivity contribution in [3.63, 3.8) is 0 Å². The fraction of sp³-hybridized carbons (Fsp3) is 0.632. The van der Waals surface area contributed by atoms with Crippen molar-refractivity contribution in [1.82, 2.24) is 9.80 Å². The lowest BCUT2D eigenvalue weighted by Crippen LogP contribution is -2.43. The summed E-state index contributed by atoms with van der Waals surface area (Å²) in [5.74, 6) is 0.422. The van der Waals surface area contributed by atoms with Crippen LogP contribution in [0.4, 0.5) is 5.69 Å². The second kappa shape index (κ2) is 7.93. The number of nitrogens with one attached hydrogen (secondary N) is 1. The summed E-state index contributed by atoms with van der Waals surface area (Å²) in [5.41, 5.74) is 2.26. The van der Waals surface area contributed by atoms with Gasteiger partial charge in [-0.15, -0.1) is 0 Å². The molecular weight excluding hydrogens is 286 g/mol. The van der Waals surface area contributed by atoms with E-state index in [1.807, 2.05) is 12.1 Å². The summed E-state index contributed by atoms with van der Waals surface area (Å²) >= 11 is 0. The molecule has 2 aliphatic rings. The first-order valence-electron chi connectivity index (χ1n) is 9.01. The Morgan fingerprint density at radius 2 is 1.70 bits per heavy atom. The van der Waals surface area contributed by atoms with Gasteiger partial charge in [-0.2, -0.15) is 0 Å². The van der Waals surface area contributed by atoms with Crippen LogP contribution in [0, 0.1) is 5.92 Å². The molecule has 126 valence electrons. The number of carbonyl (C=O) groups excluding carboxylic acids is 1. The number of carbonyl (C=O) groups is 1. The number of benzene rings is 1. The Morgan fingerprint density at radius 1 is 1.04 bits per heavy atom. The standard InChI is InChI=1S/C19H29N3O/c1-21-11-13-22(14-12-21)15-16-7-9-18(10-8-16)20-19(23)17-5-3-2-4-6-17/h7-10,17H,2-6,11-15H2,1H3,(H,20,23). The van der Waals surface area contributed by atoms with Gasteiger partial charge >= 0.3 is 0 Å². The summed E-state index contributed by atoms with van der Waals surface area (Å²) in [6.45, 7) is 5.57. The van der Waals surface area contributed by atoms with Crippen LogP contribution >= 0.6 is 0 Å². The van der Waals surface area contributed by atoms with E-state index < -0.39 is 0 Å². The van der Waals surface area contributed by atoms with Crippen molar-refractivity contribution in [2.45, 2.75) is 38.6 Å². The second-order valence-corrected chi connectivity index (χ2v) is 7.10. The molecule has 1 N–H and O–H groups in total. The molecular formula is C19H29N3O. The molecule has 0 spiro atoms. The van der Waals surface area contributed by atoms with Crippen LogP contribution in [0.15, 0.2) is 24.3 Å². The molecule has 2 fully saturated rings. The molecule has 0 bridgehead atoms. The molecule has 1 aliphatic carbocycles. The van der Waals surface area contributed by atoms with Gasteiger partial charge in [0.2, 0.25) is 5.91 Å². The van der Waals surface area contributed by atoms with Crippen LogP contribution in [-0.4, -0.2) is 48.9 Å². The molecule has 0 radical (unpaired) electrons. The predicted molar refractivity (Wildman–Crippen MR) is 94.4 cm³/mol. The van der Waals surface area contributed by atoms with Gasteiger partial charge in [-0.3, -0.25) is 9.69 Å². The van der Waals surface area contributed by atoms with Crippen LogP contribution in [0.1, 0.15) is 37.7 Å². The Morgan fingerprint density at radius 3 is 2.35 bits per heavy atom. The number of hydrogen-bond acceptors (Lipinski definition) is 3. The highest BCUT2D eigenvalue weighted by Gasteiger charge is 2.21. The minimum absolute atomic E-state index is 0.205. The first kappa shape index (κ1) is 16.5. The van der Waals surface area contributed by atoms with Gasteiger partial charge in [0.1, 0.15) is 0 Å². The van der Waals surface area contributed by atoms with Gasteiger partial charge in [-0.1, -0.05) is 31.4 Å². The number of rotatable bonds is 4. The maximum absolute atomic E-state index is 12.3. The molecule has 1 amide bonds. The molecule has 1 saturated heterocycles. The Balaban J connectivity index is 1.49. The van der Waals surface area contributed by atoms with Crippen molar-refractivity contribution in [2.75, 3.05) is 38.5 Å². The quantitative estimate of drug-likeness (QED) is 0.928. The zero-order valence-corrected chi connectivity index (χ0v) is 14.3. The lowest BCUT2D eigenvalue weighted by Gasteiger charge is -2.32. The van der Waals surface area contributed by atoms with Crippen molar-refractivity contribution >= 4 is 11.6 Å². The minimum Gasteiger partial charge on any atom is -0.326 e. The number of hydrogen-bond donors (Lipinski definition) is 1. The van der Waals surface area contributed by atoms with Gasteiger partial charge in [0, 0.05) is 44.3 Å². The van der Waals surface area contributed by atoms with E-state index in [2.05, 4.69) is 34.3 Å². The average Bonchev–Trinajstić information content (AvgIpc) is 2.59. The summed E-state index contributed by atoms with van der Waals surface area (Å²) in [6.07, 6.45) is 5.77. The smallest absolute Gasteiger partial charge is 0.227 e. The normalized spacial score (nSPS) is 21.3. The van der Waals surface area contributed by atoms with E-state index in [0.717, 1.165) is 51.3 Å². The van der Waals surface area contributed by atoms with Crippen LogP contribution in [0.5, 0.6) is 0 Å². The Labute approximate surface area is 139 Å². The predicted octanol–water partition coefficient (Wildman–Crippen LogP) is 2.95. The molecule has 0 atom stereocenters. The Kier molecular flexibility index (Phi) is 5.68. The van der Waals surface area contributed by atoms with Crippen molar-refractivity contribution in [3.8, 4) is 0 Å². The number of likely N-dealkylation sites (N-methyl/N-ethyl adjacent to an activating group) is 1. The third-order valence-corrected chi connectivity index (χ3v) is 5.20. The van der Waals surface area contributed by atoms with Gasteiger partial charge < -0.3 is 10.2 Å². The van der Waals surface area contributed by atoms with Gasteiger partial charge in [0.25, 0.3) is 0 Å². The van der Waals surface area contributed by atoms with E-state index in [1.54, 1.807) is 0 Å². The highest BCUT2D eigenvalue weighted by atomic mass is 16.1. The van der Waals surface area contributed by atoms with Crippen LogP contribution < -0.4 is 5.32 Å². The highest BCUT2D eigenvalue weighted by molar-refractivity contribution is 5.92. The maximum atomic E-state index is 12.3. The SMILES string of the molecule is CN1CCN(Cc2ccc(NC(=O)C3CCCCC3)cc2)CC1. The van der Waals surface area contributed by atoms with E-state index in [-0.39, 0.29) is 11.8 Å². The van der Waals surface area contributed by atoms with E-state index >= 15 is 0 Å². The van der Waals surface area contributed by atoms with E-state index in [0.29, 0.717) is 0 Å². The van der Waals surface area contributed by atoms with E-state index in [4.69, 9.17) is 0 Å². The largest absolute Gasteiger partial charge is 0.326 e. The molecule has 1 heterocycles. The molecule has 1 aromatic carbocycles. The van der Waals surface area contributed by atoms with Crippen LogP contribution in [-0.2, 0) is 11.3 Å². The third kappa shape index (κ3) is 4.79. The molecule has 4 heteroatoms. The third-order valence-electron chi connectivity index (χ3n) is 5.20. The summed E-state index contributed by atoms with van der Waals surface area (Å²) < 4.78 is 0. The summed E-state index contributed by atoms with van der Waals surface area (Å²) in [4.78, 5) is 17.1. The molecule has 4 nitrogen and oxygen atoms in total. The van der Waals surface area contributed by atoms with Crippen molar-refractivity contribution in [2.24, 2.45) is 5.92 Å². The average molecular weight is 315 g/mol. The molecule has 1 aliphatic heterocycles. The van der Waals surface area contributed by atoms with Gasteiger partial charge in [0.15, 0.2) is 0 Å². The number of piperazine rings is 1. The molecule has 0 unspecified atom stereocenters. The Bertz CT molecular complexity index is 500. The van der Waals surface area contributed by atoms with E-state index in [9.17, 15) is 4.79 Å². The lowest BCUT2D eigenvalue weighted by molar-refractivity contribution is -0.120. The van der Waals surface area contributed by atoms with E-state index in [1.165, 1.54) is 24.8 Å². The lowest BCUT2D eigenvalue weighted by atomic mass is 9.88.